The van der Waals surface area contributed by atoms with E-state index in [2.05, 4.69) is 10.5 Å². The number of rotatable bonds is 6. The molecule has 1 aromatic heterocycles. The van der Waals surface area contributed by atoms with Gasteiger partial charge in [0.2, 0.25) is 5.76 Å². The molecule has 2 aromatic rings. The molecule has 0 aliphatic carbocycles. The van der Waals surface area contributed by atoms with Crippen LogP contribution in [-0.4, -0.2) is 50.5 Å². The molecule has 0 radical (unpaired) electrons. The number of nitrogens with one attached hydrogen (secondary N) is 1. The Kier molecular flexibility index (Phi) is 5.27. The van der Waals surface area contributed by atoms with Crippen LogP contribution in [0.1, 0.15) is 10.6 Å². The number of carbonyl (C=O) groups excluding carboxylic acids is 1. The average Bonchev–Trinajstić information content (AvgIpc) is 3.11. The number of morpholine rings is 1. The molecular formula is C16H18FN3O4. The molecule has 1 aliphatic rings. The summed E-state index contributed by atoms with van der Waals surface area (Å²) in [6.07, 6.45) is 0. The zero-order valence-electron chi connectivity index (χ0n) is 13.0. The van der Waals surface area contributed by atoms with Gasteiger partial charge in [0.25, 0.3) is 5.91 Å². The maximum Gasteiger partial charge on any atom is 0.290 e. The summed E-state index contributed by atoms with van der Waals surface area (Å²) in [7, 11) is 0. The molecule has 2 heterocycles. The third-order valence-electron chi connectivity index (χ3n) is 3.53. The highest BCUT2D eigenvalue weighted by molar-refractivity contribution is 5.92. The average molecular weight is 335 g/mol. The van der Waals surface area contributed by atoms with Gasteiger partial charge in [-0.2, -0.15) is 0 Å². The molecule has 0 bridgehead atoms. The second-order valence-corrected chi connectivity index (χ2v) is 5.21. The molecule has 7 nitrogen and oxygen atoms in total. The minimum atomic E-state index is -0.357. The van der Waals surface area contributed by atoms with Gasteiger partial charge in [-0.25, -0.2) is 4.39 Å². The van der Waals surface area contributed by atoms with E-state index in [0.29, 0.717) is 31.3 Å². The lowest BCUT2D eigenvalue weighted by Gasteiger charge is -2.25. The Morgan fingerprint density at radius 1 is 1.29 bits per heavy atom. The molecule has 0 spiro atoms. The fraction of sp³-hybridized carbons (Fsp3) is 0.375. The summed E-state index contributed by atoms with van der Waals surface area (Å²) in [4.78, 5) is 14.0. The fourth-order valence-corrected chi connectivity index (χ4v) is 2.27. The van der Waals surface area contributed by atoms with Crippen LogP contribution in [0.3, 0.4) is 0 Å². The van der Waals surface area contributed by atoms with Crippen molar-refractivity contribution in [2.24, 2.45) is 0 Å². The monoisotopic (exact) mass is 335 g/mol. The van der Waals surface area contributed by atoms with Crippen LogP contribution in [0.25, 0.3) is 0 Å². The topological polar surface area (TPSA) is 76.8 Å². The van der Waals surface area contributed by atoms with E-state index >= 15 is 0 Å². The van der Waals surface area contributed by atoms with Gasteiger partial charge in [0.05, 0.1) is 19.8 Å². The van der Waals surface area contributed by atoms with E-state index in [-0.39, 0.29) is 24.1 Å². The molecule has 3 rings (SSSR count). The van der Waals surface area contributed by atoms with E-state index in [0.717, 1.165) is 13.1 Å². The molecule has 1 saturated heterocycles. The summed E-state index contributed by atoms with van der Waals surface area (Å²) in [6.45, 7) is 3.27. The lowest BCUT2D eigenvalue weighted by atomic mass is 10.3. The summed E-state index contributed by atoms with van der Waals surface area (Å²) in [5.41, 5.74) is 0. The minimum Gasteiger partial charge on any atom is -0.492 e. The Morgan fingerprint density at radius 3 is 2.79 bits per heavy atom. The molecule has 1 aromatic carbocycles. The van der Waals surface area contributed by atoms with Gasteiger partial charge in [-0.15, -0.1) is 0 Å². The molecule has 1 amide bonds. The van der Waals surface area contributed by atoms with Crippen molar-refractivity contribution in [3.8, 4) is 5.75 Å². The van der Waals surface area contributed by atoms with Gasteiger partial charge in [0.1, 0.15) is 18.2 Å². The van der Waals surface area contributed by atoms with Gasteiger partial charge in [0, 0.05) is 19.2 Å². The molecule has 1 aliphatic heterocycles. The van der Waals surface area contributed by atoms with Gasteiger partial charge in [-0.3, -0.25) is 4.79 Å². The first-order valence-electron chi connectivity index (χ1n) is 7.68. The molecule has 1 N–H and O–H groups in total. The number of hydrogen-bond donors (Lipinski definition) is 1. The van der Waals surface area contributed by atoms with Gasteiger partial charge in [-0.05, 0) is 24.3 Å². The van der Waals surface area contributed by atoms with Crippen LogP contribution in [0.2, 0.25) is 0 Å². The molecule has 0 saturated carbocycles. The Balaban J connectivity index is 1.43. The highest BCUT2D eigenvalue weighted by Crippen LogP contribution is 2.15. The van der Waals surface area contributed by atoms with Gasteiger partial charge in [-0.1, -0.05) is 5.16 Å². The standard InChI is InChI=1S/C16H18FN3O4/c17-12-1-3-13(4-2-12)23-8-5-18-16(21)14-11-15(19-24-14)20-6-9-22-10-7-20/h1-4,11H,5-10H2,(H,18,21). The molecule has 1 fully saturated rings. The molecule has 0 unspecified atom stereocenters. The number of hydrogen-bond acceptors (Lipinski definition) is 6. The van der Waals surface area contributed by atoms with Crippen molar-refractivity contribution in [2.75, 3.05) is 44.4 Å². The van der Waals surface area contributed by atoms with E-state index in [1.807, 2.05) is 4.90 Å². The molecule has 0 atom stereocenters. The number of carbonyl (C=O) groups is 1. The van der Waals surface area contributed by atoms with Crippen molar-refractivity contribution in [1.29, 1.82) is 0 Å². The number of ether oxygens (including phenoxy) is 2. The summed E-state index contributed by atoms with van der Waals surface area (Å²) >= 11 is 0. The van der Waals surface area contributed by atoms with Crippen molar-refractivity contribution >= 4 is 11.7 Å². The third kappa shape index (κ3) is 4.23. The normalized spacial score (nSPS) is 14.5. The highest BCUT2D eigenvalue weighted by atomic mass is 19.1. The van der Waals surface area contributed by atoms with Crippen molar-refractivity contribution in [1.82, 2.24) is 10.5 Å². The first-order valence-corrected chi connectivity index (χ1v) is 7.68. The van der Waals surface area contributed by atoms with E-state index in [9.17, 15) is 9.18 Å². The first kappa shape index (κ1) is 16.3. The maximum atomic E-state index is 12.8. The number of halogens is 1. The predicted octanol–water partition coefficient (Wildman–Crippen LogP) is 1.46. The van der Waals surface area contributed by atoms with Crippen LogP contribution < -0.4 is 15.0 Å². The maximum absolute atomic E-state index is 12.8. The smallest absolute Gasteiger partial charge is 0.290 e. The van der Waals surface area contributed by atoms with Gasteiger partial charge >= 0.3 is 0 Å². The summed E-state index contributed by atoms with van der Waals surface area (Å²) in [6, 6.07) is 7.30. The van der Waals surface area contributed by atoms with E-state index in [1.165, 1.54) is 24.3 Å². The van der Waals surface area contributed by atoms with Crippen molar-refractivity contribution in [3.63, 3.8) is 0 Å². The molecule has 128 valence electrons. The van der Waals surface area contributed by atoms with Crippen molar-refractivity contribution in [3.05, 3.63) is 41.9 Å². The Labute approximate surface area is 138 Å². The molecule has 8 heteroatoms. The second-order valence-electron chi connectivity index (χ2n) is 5.21. The van der Waals surface area contributed by atoms with Gasteiger partial charge in [0.15, 0.2) is 5.82 Å². The number of nitrogens with zero attached hydrogens (tertiary/aromatic N) is 2. The zero-order valence-corrected chi connectivity index (χ0v) is 13.0. The number of anilines is 1. The molecular weight excluding hydrogens is 317 g/mol. The Hall–Kier alpha value is -2.61. The van der Waals surface area contributed by atoms with Crippen LogP contribution in [0.15, 0.2) is 34.9 Å². The highest BCUT2D eigenvalue weighted by Gasteiger charge is 2.18. The summed E-state index contributed by atoms with van der Waals surface area (Å²) in [5.74, 6) is 0.644. The minimum absolute atomic E-state index is 0.151. The van der Waals surface area contributed by atoms with E-state index < -0.39 is 0 Å². The zero-order chi connectivity index (χ0) is 16.8. The quantitative estimate of drug-likeness (QED) is 0.806. The SMILES string of the molecule is O=C(NCCOc1ccc(F)cc1)c1cc(N2CCOCC2)no1. The Morgan fingerprint density at radius 2 is 2.04 bits per heavy atom. The fourth-order valence-electron chi connectivity index (χ4n) is 2.27. The van der Waals surface area contributed by atoms with Crippen LogP contribution in [-0.2, 0) is 4.74 Å². The lowest BCUT2D eigenvalue weighted by molar-refractivity contribution is 0.0910. The Bertz CT molecular complexity index is 668. The van der Waals surface area contributed by atoms with Crippen molar-refractivity contribution < 1.29 is 23.2 Å². The third-order valence-corrected chi connectivity index (χ3v) is 3.53. The van der Waals surface area contributed by atoms with Crippen LogP contribution >= 0.6 is 0 Å². The van der Waals surface area contributed by atoms with Crippen LogP contribution in [0.4, 0.5) is 10.2 Å². The second kappa shape index (κ2) is 7.78. The summed E-state index contributed by atoms with van der Waals surface area (Å²) < 4.78 is 28.5. The molecule has 24 heavy (non-hydrogen) atoms. The lowest BCUT2D eigenvalue weighted by Crippen LogP contribution is -2.36. The summed E-state index contributed by atoms with van der Waals surface area (Å²) in [5, 5.41) is 6.59. The van der Waals surface area contributed by atoms with E-state index in [4.69, 9.17) is 14.0 Å². The van der Waals surface area contributed by atoms with Crippen LogP contribution in [0.5, 0.6) is 5.75 Å². The number of amides is 1. The number of benzene rings is 1. The van der Waals surface area contributed by atoms with Gasteiger partial charge < -0.3 is 24.2 Å². The van der Waals surface area contributed by atoms with Crippen molar-refractivity contribution in [2.45, 2.75) is 0 Å². The predicted molar refractivity (Wildman–Crippen MR) is 83.8 cm³/mol. The van der Waals surface area contributed by atoms with Crippen LogP contribution in [0, 0.1) is 5.82 Å². The first-order chi connectivity index (χ1) is 11.7. The number of aromatic nitrogens is 1. The van der Waals surface area contributed by atoms with E-state index in [1.54, 1.807) is 6.07 Å². The largest absolute Gasteiger partial charge is 0.492 e.